The summed E-state index contributed by atoms with van der Waals surface area (Å²) in [6.45, 7) is 4.10. The third-order valence-electron chi connectivity index (χ3n) is 6.89. The number of carbonyl (C=O) groups excluding carboxylic acids is 2. The van der Waals surface area contributed by atoms with Gasteiger partial charge in [-0.3, -0.25) is 14.5 Å². The molecule has 5 aromatic rings. The minimum absolute atomic E-state index is 0.0441. The Morgan fingerprint density at radius 1 is 1.02 bits per heavy atom. The van der Waals surface area contributed by atoms with Crippen LogP contribution in [0.25, 0.3) is 11.0 Å². The maximum Gasteiger partial charge on any atom is 0.296 e. The molecule has 2 aromatic heterocycles. The third-order valence-corrected chi connectivity index (χ3v) is 9.02. The van der Waals surface area contributed by atoms with Gasteiger partial charge >= 0.3 is 0 Å². The van der Waals surface area contributed by atoms with E-state index >= 15 is 0 Å². The summed E-state index contributed by atoms with van der Waals surface area (Å²) < 4.78 is 6.50. The number of fused-ring (bicyclic) bond motifs is 1. The number of benzene rings is 3. The number of thioether (sulfide) groups is 1. The molecule has 200 valence electrons. The van der Waals surface area contributed by atoms with E-state index in [1.807, 2.05) is 49.4 Å². The molecule has 0 saturated heterocycles. The molecule has 1 amide bonds. The first-order valence-electron chi connectivity index (χ1n) is 12.8. The van der Waals surface area contributed by atoms with Crippen molar-refractivity contribution < 1.29 is 19.1 Å². The van der Waals surface area contributed by atoms with Crippen molar-refractivity contribution in [2.24, 2.45) is 0 Å². The standard InChI is InChI=1S/C31H25N3O4S2/c1-3-19-12-14-21(15-13-19)26-25(27(35)24-16-22-6-4-5-7-23(22)38-24)28(36)29(37)34(26)30-32-33-31(40-30)39-17-20-10-8-18(2)9-11-20/h4-16,26,36H,3,17H2,1-2H3/t26-/m0/s1. The van der Waals surface area contributed by atoms with E-state index in [1.54, 1.807) is 12.1 Å². The van der Waals surface area contributed by atoms with Gasteiger partial charge in [0.15, 0.2) is 15.9 Å². The van der Waals surface area contributed by atoms with Crippen molar-refractivity contribution in [2.45, 2.75) is 36.4 Å². The predicted molar refractivity (Wildman–Crippen MR) is 157 cm³/mol. The Labute approximate surface area is 239 Å². The van der Waals surface area contributed by atoms with E-state index in [-0.39, 0.29) is 11.3 Å². The third kappa shape index (κ3) is 4.82. The molecule has 0 saturated carbocycles. The smallest absolute Gasteiger partial charge is 0.296 e. The highest BCUT2D eigenvalue weighted by molar-refractivity contribution is 8.00. The normalized spacial score (nSPS) is 15.4. The van der Waals surface area contributed by atoms with Gasteiger partial charge in [-0.25, -0.2) is 0 Å². The zero-order chi connectivity index (χ0) is 27.8. The van der Waals surface area contributed by atoms with E-state index in [9.17, 15) is 14.7 Å². The number of nitrogens with zero attached hydrogens (tertiary/aromatic N) is 3. The molecule has 0 radical (unpaired) electrons. The van der Waals surface area contributed by atoms with Gasteiger partial charge in [-0.15, -0.1) is 10.2 Å². The van der Waals surface area contributed by atoms with E-state index < -0.39 is 23.5 Å². The van der Waals surface area contributed by atoms with Crippen molar-refractivity contribution in [3.05, 3.63) is 118 Å². The summed E-state index contributed by atoms with van der Waals surface area (Å²) in [6, 6.07) is 24.0. The zero-order valence-electron chi connectivity index (χ0n) is 21.8. The first-order valence-corrected chi connectivity index (χ1v) is 14.6. The fraction of sp³-hybridized carbons (Fsp3) is 0.161. The largest absolute Gasteiger partial charge is 0.503 e. The number of furan rings is 1. The molecular formula is C31H25N3O4S2. The van der Waals surface area contributed by atoms with Crippen molar-refractivity contribution in [2.75, 3.05) is 4.90 Å². The molecule has 0 unspecified atom stereocenters. The number of ketones is 1. The van der Waals surface area contributed by atoms with Gasteiger partial charge in [0, 0.05) is 11.1 Å². The summed E-state index contributed by atoms with van der Waals surface area (Å²) in [7, 11) is 0. The van der Waals surface area contributed by atoms with E-state index in [0.717, 1.165) is 22.9 Å². The van der Waals surface area contributed by atoms with Crippen LogP contribution in [-0.2, 0) is 17.0 Å². The topological polar surface area (TPSA) is 96.5 Å². The van der Waals surface area contributed by atoms with Crippen LogP contribution in [0.4, 0.5) is 5.13 Å². The lowest BCUT2D eigenvalue weighted by molar-refractivity contribution is -0.117. The van der Waals surface area contributed by atoms with Crippen LogP contribution in [-0.4, -0.2) is 27.0 Å². The minimum atomic E-state index is -0.887. The number of carbonyl (C=O) groups is 2. The second-order valence-corrected chi connectivity index (χ2v) is 11.7. The molecule has 40 heavy (non-hydrogen) atoms. The van der Waals surface area contributed by atoms with Crippen molar-refractivity contribution >= 4 is 50.9 Å². The summed E-state index contributed by atoms with van der Waals surface area (Å²) in [5.74, 6) is -1.11. The van der Waals surface area contributed by atoms with Crippen LogP contribution < -0.4 is 4.90 Å². The molecule has 0 bridgehead atoms. The maximum atomic E-state index is 13.8. The number of hydrogen-bond acceptors (Lipinski definition) is 8. The Hall–Kier alpha value is -4.21. The fourth-order valence-corrected chi connectivity index (χ4v) is 6.52. The fourth-order valence-electron chi connectivity index (χ4n) is 4.70. The van der Waals surface area contributed by atoms with E-state index in [2.05, 4.69) is 41.4 Å². The molecule has 0 fully saturated rings. The molecule has 3 aromatic carbocycles. The number of para-hydroxylation sites is 1. The number of aliphatic hydroxyl groups excluding tert-OH is 1. The quantitative estimate of drug-likeness (QED) is 0.120. The van der Waals surface area contributed by atoms with E-state index in [4.69, 9.17) is 4.42 Å². The first-order chi connectivity index (χ1) is 19.4. The van der Waals surface area contributed by atoms with Crippen molar-refractivity contribution in [1.29, 1.82) is 0 Å². The van der Waals surface area contributed by atoms with Crippen molar-refractivity contribution in [3.8, 4) is 0 Å². The van der Waals surface area contributed by atoms with Gasteiger partial charge in [0.25, 0.3) is 5.91 Å². The van der Waals surface area contributed by atoms with Gasteiger partial charge in [-0.2, -0.15) is 0 Å². The molecule has 3 heterocycles. The Bertz CT molecular complexity index is 1720. The highest BCUT2D eigenvalue weighted by atomic mass is 32.2. The number of aliphatic hydroxyl groups is 1. The Kier molecular flexibility index (Phi) is 7.00. The number of aromatic nitrogens is 2. The van der Waals surface area contributed by atoms with Gasteiger partial charge in [0.1, 0.15) is 5.58 Å². The van der Waals surface area contributed by atoms with E-state index in [0.29, 0.717) is 26.4 Å². The number of rotatable bonds is 8. The molecule has 1 aliphatic heterocycles. The monoisotopic (exact) mass is 567 g/mol. The zero-order valence-corrected chi connectivity index (χ0v) is 23.5. The van der Waals surface area contributed by atoms with Gasteiger partial charge in [-0.1, -0.05) is 102 Å². The summed E-state index contributed by atoms with van der Waals surface area (Å²) >= 11 is 2.77. The summed E-state index contributed by atoms with van der Waals surface area (Å²) in [5, 5.41) is 20.8. The highest BCUT2D eigenvalue weighted by Crippen LogP contribution is 2.44. The van der Waals surface area contributed by atoms with Crippen LogP contribution in [0, 0.1) is 6.92 Å². The van der Waals surface area contributed by atoms with Crippen molar-refractivity contribution in [3.63, 3.8) is 0 Å². The second kappa shape index (κ2) is 10.7. The predicted octanol–water partition coefficient (Wildman–Crippen LogP) is 7.23. The van der Waals surface area contributed by atoms with Crippen LogP contribution in [0.2, 0.25) is 0 Å². The van der Waals surface area contributed by atoms with Gasteiger partial charge in [0.05, 0.1) is 11.6 Å². The van der Waals surface area contributed by atoms with Gasteiger partial charge in [0.2, 0.25) is 10.9 Å². The molecule has 9 heteroatoms. The summed E-state index contributed by atoms with van der Waals surface area (Å²) in [6.07, 6.45) is 0.845. The molecular weight excluding hydrogens is 542 g/mol. The first kappa shape index (κ1) is 26.0. The van der Waals surface area contributed by atoms with Crippen LogP contribution in [0.3, 0.4) is 0 Å². The lowest BCUT2D eigenvalue weighted by Crippen LogP contribution is -2.31. The minimum Gasteiger partial charge on any atom is -0.503 e. The molecule has 1 atom stereocenters. The van der Waals surface area contributed by atoms with Crippen LogP contribution >= 0.6 is 23.1 Å². The van der Waals surface area contributed by atoms with Gasteiger partial charge < -0.3 is 9.52 Å². The SMILES string of the molecule is CCc1ccc([C@H]2C(C(=O)c3cc4ccccc4o3)=C(O)C(=O)N2c2nnc(SCc3ccc(C)cc3)s2)cc1. The number of aryl methyl sites for hydroxylation is 2. The average molecular weight is 568 g/mol. The average Bonchev–Trinajstić information content (AvgIpc) is 3.69. The van der Waals surface area contributed by atoms with Crippen LogP contribution in [0.15, 0.2) is 99.0 Å². The van der Waals surface area contributed by atoms with Crippen LogP contribution in [0.1, 0.15) is 45.8 Å². The Morgan fingerprint density at radius 3 is 2.48 bits per heavy atom. The molecule has 1 N–H and O–H groups in total. The Morgan fingerprint density at radius 2 is 1.75 bits per heavy atom. The lowest BCUT2D eigenvalue weighted by Gasteiger charge is -2.24. The highest BCUT2D eigenvalue weighted by Gasteiger charge is 2.46. The number of anilines is 1. The molecule has 0 aliphatic carbocycles. The molecule has 6 rings (SSSR count). The maximum absolute atomic E-state index is 13.8. The van der Waals surface area contributed by atoms with Crippen molar-refractivity contribution in [1.82, 2.24) is 10.2 Å². The molecule has 0 spiro atoms. The number of Topliss-reactive ketones (excluding diaryl/α,β-unsaturated/α-hetero) is 1. The lowest BCUT2D eigenvalue weighted by atomic mass is 9.94. The van der Waals surface area contributed by atoms with E-state index in [1.165, 1.54) is 33.6 Å². The Balaban J connectivity index is 1.36. The molecule has 7 nitrogen and oxygen atoms in total. The summed E-state index contributed by atoms with van der Waals surface area (Å²) in [4.78, 5) is 28.7. The number of hydrogen-bond donors (Lipinski definition) is 1. The number of amides is 1. The second-order valence-electron chi connectivity index (χ2n) is 9.54. The van der Waals surface area contributed by atoms with Gasteiger partial charge in [-0.05, 0) is 42.2 Å². The summed E-state index contributed by atoms with van der Waals surface area (Å²) in [5.41, 5.74) is 4.64. The van der Waals surface area contributed by atoms with Crippen LogP contribution in [0.5, 0.6) is 0 Å². The molecule has 1 aliphatic rings.